The molecule has 1 aliphatic heterocycles. The van der Waals surface area contributed by atoms with Crippen molar-refractivity contribution in [2.24, 2.45) is 4.99 Å². The second-order valence-corrected chi connectivity index (χ2v) is 11.8. The summed E-state index contributed by atoms with van der Waals surface area (Å²) in [5, 5.41) is 0.598. The third kappa shape index (κ3) is 5.84. The topological polar surface area (TPSA) is 79.1 Å². The van der Waals surface area contributed by atoms with Crippen LogP contribution in [0.2, 0.25) is 5.02 Å². The van der Waals surface area contributed by atoms with Crippen molar-refractivity contribution in [1.29, 1.82) is 0 Å². The van der Waals surface area contributed by atoms with E-state index in [1.165, 1.54) is 18.4 Å². The molecule has 0 unspecified atom stereocenters. The van der Waals surface area contributed by atoms with Gasteiger partial charge in [-0.25, -0.2) is 9.79 Å². The molecular weight excluding hydrogens is 675 g/mol. The van der Waals surface area contributed by atoms with Gasteiger partial charge in [-0.3, -0.25) is 9.36 Å². The van der Waals surface area contributed by atoms with Gasteiger partial charge in [0.1, 0.15) is 6.61 Å². The number of benzene rings is 3. The van der Waals surface area contributed by atoms with Gasteiger partial charge in [0.15, 0.2) is 16.3 Å². The summed E-state index contributed by atoms with van der Waals surface area (Å²) in [6, 6.07) is 20.0. The summed E-state index contributed by atoms with van der Waals surface area (Å²) in [7, 11) is 2.91. The predicted octanol–water partition coefficient (Wildman–Crippen LogP) is 5.64. The first-order valence-electron chi connectivity index (χ1n) is 12.8. The van der Waals surface area contributed by atoms with E-state index in [1.54, 1.807) is 17.8 Å². The Labute approximate surface area is 259 Å². The van der Waals surface area contributed by atoms with Crippen molar-refractivity contribution < 1.29 is 19.0 Å². The van der Waals surface area contributed by atoms with E-state index in [0.29, 0.717) is 49.1 Å². The highest BCUT2D eigenvalue weighted by molar-refractivity contribution is 14.1. The minimum atomic E-state index is -0.668. The van der Waals surface area contributed by atoms with E-state index in [4.69, 9.17) is 30.8 Å². The van der Waals surface area contributed by atoms with Crippen LogP contribution in [-0.2, 0) is 16.1 Å². The number of allylic oxidation sites excluding steroid dienone is 1. The van der Waals surface area contributed by atoms with Gasteiger partial charge in [-0.15, -0.1) is 0 Å². The van der Waals surface area contributed by atoms with Gasteiger partial charge >= 0.3 is 5.97 Å². The maximum atomic E-state index is 14.0. The SMILES string of the molecule is CCC1=C(C(=O)OC)[C@@H](c2ccccc2)n2c(s/c(=C/c3cc(I)cc(OC)c3OCc3ccccc3Cl)c2=O)=N1. The summed E-state index contributed by atoms with van der Waals surface area (Å²) < 4.78 is 20.0. The number of hydrogen-bond acceptors (Lipinski definition) is 7. The number of halogens is 2. The van der Waals surface area contributed by atoms with Gasteiger partial charge in [-0.1, -0.05) is 78.4 Å². The molecule has 1 aromatic heterocycles. The standard InChI is InChI=1S/C31H26ClIN2O5S/c1-4-23-26(30(37)39-3)27(18-10-6-5-7-11-18)35-29(36)25(41-31(35)34-23)15-20-14-21(33)16-24(38-2)28(20)40-17-19-12-8-9-13-22(19)32/h5-16,27H,4,17H2,1-3H3/b25-15+/t27-/m1/s1. The van der Waals surface area contributed by atoms with Crippen molar-refractivity contribution in [2.45, 2.75) is 26.0 Å². The molecular formula is C31H26ClIN2O5S. The van der Waals surface area contributed by atoms with Crippen molar-refractivity contribution in [3.05, 3.63) is 123 Å². The number of thiazole rings is 1. The number of aromatic nitrogens is 1. The lowest BCUT2D eigenvalue weighted by Crippen LogP contribution is -2.40. The summed E-state index contributed by atoms with van der Waals surface area (Å²) in [5.74, 6) is 0.514. The van der Waals surface area contributed by atoms with Crippen LogP contribution in [0.5, 0.6) is 11.5 Å². The van der Waals surface area contributed by atoms with Gasteiger partial charge in [0, 0.05) is 19.7 Å². The van der Waals surface area contributed by atoms with Crippen molar-refractivity contribution in [1.82, 2.24) is 4.57 Å². The third-order valence-electron chi connectivity index (χ3n) is 6.65. The van der Waals surface area contributed by atoms with Gasteiger partial charge < -0.3 is 14.2 Å². The molecule has 41 heavy (non-hydrogen) atoms. The summed E-state index contributed by atoms with van der Waals surface area (Å²) in [4.78, 5) is 32.3. The van der Waals surface area contributed by atoms with Crippen LogP contribution >= 0.6 is 45.5 Å². The van der Waals surface area contributed by atoms with Crippen LogP contribution in [0.25, 0.3) is 6.08 Å². The maximum Gasteiger partial charge on any atom is 0.338 e. The number of ether oxygens (including phenoxy) is 3. The Balaban J connectivity index is 1.69. The molecule has 2 heterocycles. The van der Waals surface area contributed by atoms with E-state index >= 15 is 0 Å². The molecule has 210 valence electrons. The Morgan fingerprint density at radius 3 is 2.54 bits per heavy atom. The van der Waals surface area contributed by atoms with E-state index in [0.717, 1.165) is 14.7 Å². The summed E-state index contributed by atoms with van der Waals surface area (Å²) >= 11 is 9.83. The van der Waals surface area contributed by atoms with Crippen molar-refractivity contribution in [3.63, 3.8) is 0 Å². The number of rotatable bonds is 8. The van der Waals surface area contributed by atoms with E-state index < -0.39 is 12.0 Å². The summed E-state index contributed by atoms with van der Waals surface area (Å²) in [6.07, 6.45) is 2.29. The van der Waals surface area contributed by atoms with Crippen LogP contribution in [0, 0.1) is 3.57 Å². The van der Waals surface area contributed by atoms with Crippen LogP contribution in [0.3, 0.4) is 0 Å². The zero-order valence-corrected chi connectivity index (χ0v) is 26.2. The fourth-order valence-electron chi connectivity index (χ4n) is 4.72. The lowest BCUT2D eigenvalue weighted by atomic mass is 9.95. The van der Waals surface area contributed by atoms with E-state index in [1.807, 2.05) is 73.7 Å². The van der Waals surface area contributed by atoms with Gasteiger partial charge in [-0.05, 0) is 58.9 Å². The molecule has 0 spiro atoms. The van der Waals surface area contributed by atoms with Crippen LogP contribution in [0.15, 0.2) is 87.8 Å². The fraction of sp³-hybridized carbons (Fsp3) is 0.194. The molecule has 7 nitrogen and oxygen atoms in total. The molecule has 0 radical (unpaired) electrons. The lowest BCUT2D eigenvalue weighted by Gasteiger charge is -2.25. The number of carbonyl (C=O) groups excluding carboxylic acids is 1. The summed E-state index contributed by atoms with van der Waals surface area (Å²) in [6.45, 7) is 2.15. The van der Waals surface area contributed by atoms with Crippen molar-refractivity contribution in [2.75, 3.05) is 14.2 Å². The molecule has 1 aliphatic rings. The number of nitrogens with zero attached hydrogens (tertiary/aromatic N) is 2. The van der Waals surface area contributed by atoms with E-state index in [2.05, 4.69) is 22.6 Å². The molecule has 1 atom stereocenters. The molecule has 0 bridgehead atoms. The normalized spacial score (nSPS) is 14.9. The van der Waals surface area contributed by atoms with E-state index in [-0.39, 0.29) is 12.2 Å². The predicted molar refractivity (Wildman–Crippen MR) is 168 cm³/mol. The zero-order chi connectivity index (χ0) is 29.1. The number of fused-ring (bicyclic) bond motifs is 1. The molecule has 0 aliphatic carbocycles. The van der Waals surface area contributed by atoms with Gasteiger partial charge in [0.05, 0.1) is 36.1 Å². The average Bonchev–Trinajstić information content (AvgIpc) is 3.30. The minimum Gasteiger partial charge on any atom is -0.493 e. The number of methoxy groups -OCH3 is 2. The van der Waals surface area contributed by atoms with Crippen molar-refractivity contribution in [3.8, 4) is 11.5 Å². The van der Waals surface area contributed by atoms with Crippen LogP contribution in [-0.4, -0.2) is 24.8 Å². The third-order valence-corrected chi connectivity index (χ3v) is 8.62. The Bertz CT molecular complexity index is 1830. The van der Waals surface area contributed by atoms with Crippen molar-refractivity contribution >= 4 is 57.6 Å². The average molecular weight is 701 g/mol. The largest absolute Gasteiger partial charge is 0.493 e. The smallest absolute Gasteiger partial charge is 0.338 e. The Kier molecular flexibility index (Phi) is 8.96. The molecule has 0 N–H and O–H groups in total. The number of carbonyl (C=O) groups is 1. The molecule has 3 aromatic carbocycles. The van der Waals surface area contributed by atoms with Gasteiger partial charge in [0.25, 0.3) is 5.56 Å². The monoisotopic (exact) mass is 700 g/mol. The number of hydrogen-bond donors (Lipinski definition) is 0. The van der Waals surface area contributed by atoms with Crippen LogP contribution in [0.4, 0.5) is 0 Å². The Hall–Kier alpha value is -3.41. The quantitative estimate of drug-likeness (QED) is 0.176. The van der Waals surface area contributed by atoms with Gasteiger partial charge in [-0.2, -0.15) is 0 Å². The summed E-state index contributed by atoms with van der Waals surface area (Å²) in [5.41, 5.74) is 2.98. The molecule has 0 fully saturated rings. The Morgan fingerprint density at radius 2 is 1.85 bits per heavy atom. The first-order valence-corrected chi connectivity index (χ1v) is 15.0. The lowest BCUT2D eigenvalue weighted by molar-refractivity contribution is -0.136. The van der Waals surface area contributed by atoms with Crippen LogP contribution < -0.4 is 24.4 Å². The zero-order valence-electron chi connectivity index (χ0n) is 22.5. The fourth-order valence-corrected chi connectivity index (χ4v) is 6.54. The molecule has 10 heteroatoms. The first-order chi connectivity index (χ1) is 19.9. The second-order valence-electron chi connectivity index (χ2n) is 9.11. The van der Waals surface area contributed by atoms with Crippen LogP contribution in [0.1, 0.15) is 36.1 Å². The molecule has 4 aromatic rings. The highest BCUT2D eigenvalue weighted by Crippen LogP contribution is 2.35. The highest BCUT2D eigenvalue weighted by Gasteiger charge is 2.33. The molecule has 5 rings (SSSR count). The first kappa shape index (κ1) is 29.1. The minimum absolute atomic E-state index is 0.217. The molecule has 0 amide bonds. The maximum absolute atomic E-state index is 14.0. The Morgan fingerprint density at radius 1 is 1.12 bits per heavy atom. The second kappa shape index (κ2) is 12.6. The molecule has 0 saturated carbocycles. The molecule has 0 saturated heterocycles. The van der Waals surface area contributed by atoms with E-state index in [9.17, 15) is 9.59 Å². The number of esters is 1. The van der Waals surface area contributed by atoms with Gasteiger partial charge in [0.2, 0.25) is 0 Å². The highest BCUT2D eigenvalue weighted by atomic mass is 127.